The summed E-state index contributed by atoms with van der Waals surface area (Å²) in [6.45, 7) is 19.9. The number of aryl methyl sites for hydroxylation is 2. The standard InChI is InChI=1S/C39H52N4O4.C10H14N2O.C7H14N2O2/c1-8-43-36-20-19-32(31-17-13-16-30(23-31)15-11-9-10-12-22-41-42-28(3)44)24-34(36)35(25-39(5,6)26-47-29(4)45)38(43)33-18-14-21-40-37(33)27(2)46-7;13-10(12-7-1-2-8-12)4-3-9-5-6-11-9;1-5(2)6(7(8)11)9(3)4-10/h13-14,16-21,23-24,27,41H,8-12,15,22,25-26H2,1-7H3,(H,42,44);9,11H,1-2,5-8H2;4-6H,1-3H3,(H2,8,11). The summed E-state index contributed by atoms with van der Waals surface area (Å²) in [5, 5.41) is 4.35. The molecule has 0 bridgehead atoms. The van der Waals surface area contributed by atoms with Gasteiger partial charge in [0.15, 0.2) is 0 Å². The molecule has 4 heterocycles. The van der Waals surface area contributed by atoms with E-state index in [0.29, 0.717) is 13.0 Å². The van der Waals surface area contributed by atoms with Crippen LogP contribution in [-0.2, 0) is 52.8 Å². The number of hydrazine groups is 1. The van der Waals surface area contributed by atoms with Gasteiger partial charge < -0.3 is 34.9 Å². The van der Waals surface area contributed by atoms with Crippen LogP contribution in [0.5, 0.6) is 0 Å². The highest BCUT2D eigenvalue weighted by Crippen LogP contribution is 2.42. The van der Waals surface area contributed by atoms with E-state index >= 15 is 0 Å². The Morgan fingerprint density at radius 2 is 1.70 bits per heavy atom. The zero-order valence-electron chi connectivity index (χ0n) is 44.0. The van der Waals surface area contributed by atoms with Crippen LogP contribution in [0.15, 0.2) is 60.8 Å². The van der Waals surface area contributed by atoms with Gasteiger partial charge in [0, 0.05) is 82.3 Å². The number of nitrogens with zero attached hydrogens (tertiary/aromatic N) is 4. The number of pyridine rings is 1. The Bertz CT molecular complexity index is 2440. The van der Waals surface area contributed by atoms with Gasteiger partial charge in [-0.05, 0) is 124 Å². The summed E-state index contributed by atoms with van der Waals surface area (Å²) in [5.41, 5.74) is 19.6. The first kappa shape index (κ1) is 57.5. The number of fused-ring (bicyclic) bond motifs is 1. The number of likely N-dealkylation sites (N-methyl/N-ethyl adjacent to an activating group) is 1. The van der Waals surface area contributed by atoms with Crippen LogP contribution in [-0.4, -0.2) is 108 Å². The van der Waals surface area contributed by atoms with Crippen molar-refractivity contribution < 1.29 is 33.4 Å². The Hall–Kier alpha value is -6.08. The normalized spacial score (nSPS) is 14.9. The zero-order valence-corrected chi connectivity index (χ0v) is 44.0. The van der Waals surface area contributed by atoms with Crippen LogP contribution in [0.3, 0.4) is 0 Å². The predicted octanol–water partition coefficient (Wildman–Crippen LogP) is 7.53. The monoisotopic (exact) mass is 977 g/mol. The third-order valence-electron chi connectivity index (χ3n) is 12.8. The summed E-state index contributed by atoms with van der Waals surface area (Å²) in [6, 6.07) is 19.6. The number of nitrogens with one attached hydrogen (secondary N) is 3. The number of nitrogens with two attached hydrogens (primary N) is 1. The van der Waals surface area contributed by atoms with Crippen LogP contribution in [0.1, 0.15) is 123 Å². The van der Waals surface area contributed by atoms with Crippen molar-refractivity contribution in [2.45, 2.75) is 138 Å². The fraction of sp³-hybridized carbons (Fsp3) is 0.536. The van der Waals surface area contributed by atoms with Gasteiger partial charge in [0.05, 0.1) is 30.1 Å². The van der Waals surface area contributed by atoms with Crippen LogP contribution in [0.25, 0.3) is 33.3 Å². The fourth-order valence-corrected chi connectivity index (χ4v) is 8.91. The first-order valence-electron chi connectivity index (χ1n) is 25.3. The number of ether oxygens (including phenoxy) is 2. The number of carbonyl (C=O) groups excluding carboxylic acids is 5. The molecule has 2 fully saturated rings. The smallest absolute Gasteiger partial charge is 0.302 e. The van der Waals surface area contributed by atoms with Gasteiger partial charge in [0.2, 0.25) is 18.2 Å². The number of amides is 4. The second kappa shape index (κ2) is 28.7. The molecule has 2 aromatic heterocycles. The van der Waals surface area contributed by atoms with Crippen molar-refractivity contribution in [2.75, 3.05) is 46.9 Å². The van der Waals surface area contributed by atoms with Crippen LogP contribution < -0.4 is 21.9 Å². The number of hydrogen-bond donors (Lipinski definition) is 4. The van der Waals surface area contributed by atoms with Gasteiger partial charge in [-0.15, -0.1) is 0 Å². The minimum absolute atomic E-state index is 0.00574. The maximum absolute atomic E-state index is 11.8. The minimum atomic E-state index is -0.493. The molecular formula is C56H80N8O7. The number of hydrogen-bond acceptors (Lipinski definition) is 10. The summed E-state index contributed by atoms with van der Waals surface area (Å²) in [4.78, 5) is 63.1. The first-order chi connectivity index (χ1) is 33.9. The number of aromatic nitrogens is 2. The van der Waals surface area contributed by atoms with Crippen molar-refractivity contribution in [3.8, 4) is 34.2 Å². The Balaban J connectivity index is 0.000000369. The van der Waals surface area contributed by atoms with E-state index in [1.165, 1.54) is 51.9 Å². The second-order valence-electron chi connectivity index (χ2n) is 19.6. The molecule has 0 radical (unpaired) electrons. The third-order valence-corrected chi connectivity index (χ3v) is 12.8. The first-order valence-corrected chi connectivity index (χ1v) is 25.3. The molecule has 0 saturated carbocycles. The van der Waals surface area contributed by atoms with E-state index in [1.54, 1.807) is 14.2 Å². The topological polar surface area (TPSA) is 190 Å². The molecule has 2 aliphatic rings. The largest absolute Gasteiger partial charge is 0.465 e. The summed E-state index contributed by atoms with van der Waals surface area (Å²) < 4.78 is 13.7. The molecule has 15 heteroatoms. The van der Waals surface area contributed by atoms with E-state index in [-0.39, 0.29) is 41.3 Å². The minimum Gasteiger partial charge on any atom is -0.465 e. The number of methoxy groups -OCH3 is 1. The molecule has 71 heavy (non-hydrogen) atoms. The molecule has 386 valence electrons. The van der Waals surface area contributed by atoms with Gasteiger partial charge in [0.25, 0.3) is 5.91 Å². The number of likely N-dealkylation sites (tertiary alicyclic amines) is 1. The summed E-state index contributed by atoms with van der Waals surface area (Å²) in [6.07, 6.45) is 11.8. The molecule has 6 rings (SSSR count). The van der Waals surface area contributed by atoms with Gasteiger partial charge in [0.1, 0.15) is 6.04 Å². The molecule has 2 aromatic carbocycles. The highest BCUT2D eigenvalue weighted by molar-refractivity contribution is 5.95. The molecule has 0 spiro atoms. The number of esters is 1. The quantitative estimate of drug-likeness (QED) is 0.0214. The maximum atomic E-state index is 11.8. The molecule has 3 unspecified atom stereocenters. The van der Waals surface area contributed by atoms with Crippen molar-refractivity contribution in [3.05, 3.63) is 77.6 Å². The van der Waals surface area contributed by atoms with Gasteiger partial charge in [-0.25, -0.2) is 5.43 Å². The van der Waals surface area contributed by atoms with Gasteiger partial charge in [-0.3, -0.25) is 34.4 Å². The van der Waals surface area contributed by atoms with Crippen molar-refractivity contribution in [2.24, 2.45) is 17.1 Å². The molecule has 5 N–H and O–H groups in total. The fourth-order valence-electron chi connectivity index (χ4n) is 8.91. The lowest BCUT2D eigenvalue weighted by atomic mass is 9.84. The second-order valence-corrected chi connectivity index (χ2v) is 19.6. The highest BCUT2D eigenvalue weighted by atomic mass is 16.5. The molecular weight excluding hydrogens is 897 g/mol. The van der Waals surface area contributed by atoms with Crippen molar-refractivity contribution >= 4 is 41.0 Å². The van der Waals surface area contributed by atoms with Gasteiger partial charge in [-0.2, -0.15) is 0 Å². The molecule has 0 aliphatic carbocycles. The number of rotatable bonds is 21. The Morgan fingerprint density at radius 3 is 2.30 bits per heavy atom. The van der Waals surface area contributed by atoms with Crippen LogP contribution in [0.2, 0.25) is 0 Å². The summed E-state index contributed by atoms with van der Waals surface area (Å²) in [7, 11) is 3.26. The van der Waals surface area contributed by atoms with Crippen LogP contribution >= 0.6 is 0 Å². The molecule has 2 saturated heterocycles. The van der Waals surface area contributed by atoms with E-state index in [9.17, 15) is 24.0 Å². The number of carbonyl (C=O) groups is 5. The molecule has 3 atom stereocenters. The van der Waals surface area contributed by atoms with Crippen molar-refractivity contribution in [3.63, 3.8) is 0 Å². The maximum Gasteiger partial charge on any atom is 0.302 e. The SMILES string of the molecule is CC(C)C(C(N)=O)N(C)C=O.CCn1c(-c2cccnc2C(C)OC)c(CC(C)(C)COC(C)=O)c2cc(-c3cccc(CCCCCCNNC(C)=O)c3)ccc21.O=C(C#CC1CCN1)N1CCCC1. The van der Waals surface area contributed by atoms with Crippen molar-refractivity contribution in [1.29, 1.82) is 0 Å². The lowest BCUT2D eigenvalue weighted by molar-refractivity contribution is -0.144. The number of benzene rings is 2. The van der Waals surface area contributed by atoms with Gasteiger partial charge in [-0.1, -0.05) is 76.8 Å². The predicted molar refractivity (Wildman–Crippen MR) is 281 cm³/mol. The van der Waals surface area contributed by atoms with E-state index in [2.05, 4.69) is 102 Å². The lowest BCUT2D eigenvalue weighted by Crippen LogP contribution is -2.45. The zero-order chi connectivity index (χ0) is 52.1. The Morgan fingerprint density at radius 1 is 1.00 bits per heavy atom. The Kier molecular flexibility index (Phi) is 23.2. The van der Waals surface area contributed by atoms with E-state index in [1.807, 2.05) is 37.9 Å². The molecule has 2 aliphatic heterocycles. The molecule has 4 amide bonds. The number of unbranched alkanes of at least 4 members (excludes halogenated alkanes) is 3. The van der Waals surface area contributed by atoms with E-state index < -0.39 is 11.9 Å². The highest BCUT2D eigenvalue weighted by Gasteiger charge is 2.29. The molecule has 15 nitrogen and oxygen atoms in total. The van der Waals surface area contributed by atoms with Gasteiger partial charge >= 0.3 is 5.97 Å². The van der Waals surface area contributed by atoms with Crippen LogP contribution in [0.4, 0.5) is 0 Å². The lowest BCUT2D eigenvalue weighted by Gasteiger charge is -2.25. The van der Waals surface area contributed by atoms with Crippen molar-refractivity contribution in [1.82, 2.24) is 35.5 Å². The summed E-state index contributed by atoms with van der Waals surface area (Å²) in [5.74, 6) is 4.92. The summed E-state index contributed by atoms with van der Waals surface area (Å²) >= 11 is 0. The van der Waals surface area contributed by atoms with E-state index in [4.69, 9.17) is 20.2 Å². The average molecular weight is 977 g/mol. The van der Waals surface area contributed by atoms with E-state index in [0.717, 1.165) is 107 Å². The average Bonchev–Trinajstić information content (AvgIpc) is 3.98. The molecule has 4 aromatic rings. The third kappa shape index (κ3) is 17.6. The van der Waals surface area contributed by atoms with Crippen LogP contribution in [0, 0.1) is 23.2 Å². The Labute approximate surface area is 422 Å². The number of primary amides is 1.